The molecule has 196 valence electrons. The Labute approximate surface area is 203 Å². The lowest BCUT2D eigenvalue weighted by atomic mass is 9.92. The summed E-state index contributed by atoms with van der Waals surface area (Å²) in [6.07, 6.45) is -4.86. The van der Waals surface area contributed by atoms with Crippen molar-refractivity contribution in [1.82, 2.24) is 15.5 Å². The van der Waals surface area contributed by atoms with Gasteiger partial charge in [0, 0.05) is 28.4 Å². The highest BCUT2D eigenvalue weighted by molar-refractivity contribution is 8.41. The van der Waals surface area contributed by atoms with Crippen molar-refractivity contribution in [3.63, 3.8) is 0 Å². The summed E-state index contributed by atoms with van der Waals surface area (Å²) in [4.78, 5) is 38.1. The van der Waals surface area contributed by atoms with Gasteiger partial charge in [0.2, 0.25) is 5.91 Å². The Morgan fingerprint density at radius 2 is 1.83 bits per heavy atom. The standard InChI is InChI=1S/C22H24F4N4O5S/c1-12(22(24,25)26)30(9-13-2-4-14(23)5-3-13)18(31)10-36(34,35)11-21(19(32)28-20(33)29-21)16-7-6-15(27)8-17(16)36/h2-8,12,34-36H,9-11,27H2,1H3,(H2,28,29,32,33)/t12-,21?/m0/s1. The summed E-state index contributed by atoms with van der Waals surface area (Å²) in [5.41, 5.74) is 4.09. The van der Waals surface area contributed by atoms with E-state index in [4.69, 9.17) is 5.73 Å². The summed E-state index contributed by atoms with van der Waals surface area (Å²) >= 11 is 0. The number of nitrogen functional groups attached to an aromatic ring is 1. The van der Waals surface area contributed by atoms with Gasteiger partial charge in [-0.25, -0.2) is 9.18 Å². The van der Waals surface area contributed by atoms with Crippen molar-refractivity contribution in [2.24, 2.45) is 0 Å². The van der Waals surface area contributed by atoms with Crippen molar-refractivity contribution in [3.8, 4) is 0 Å². The van der Waals surface area contributed by atoms with Gasteiger partial charge in [-0.1, -0.05) is 18.2 Å². The molecule has 2 aromatic rings. The number of nitrogens with zero attached hydrogens (tertiary/aromatic N) is 1. The number of urea groups is 1. The number of imide groups is 1. The Balaban J connectivity index is 1.76. The minimum Gasteiger partial charge on any atom is -0.399 e. The first-order valence-corrected chi connectivity index (χ1v) is 13.2. The molecule has 6 N–H and O–H groups in total. The molecular formula is C22H24F4N4O5S. The summed E-state index contributed by atoms with van der Waals surface area (Å²) < 4.78 is 77.7. The molecule has 36 heavy (non-hydrogen) atoms. The average molecular weight is 533 g/mol. The number of hydrogen-bond acceptors (Lipinski definition) is 6. The van der Waals surface area contributed by atoms with Crippen LogP contribution in [0.4, 0.5) is 28.0 Å². The number of rotatable bonds is 5. The van der Waals surface area contributed by atoms with E-state index in [0.29, 0.717) is 4.90 Å². The van der Waals surface area contributed by atoms with Crippen LogP contribution >= 0.6 is 9.72 Å². The predicted molar refractivity (Wildman–Crippen MR) is 124 cm³/mol. The number of benzene rings is 2. The van der Waals surface area contributed by atoms with E-state index in [2.05, 4.69) is 5.32 Å². The molecule has 14 heteroatoms. The van der Waals surface area contributed by atoms with Crippen LogP contribution in [0, 0.1) is 5.82 Å². The quantitative estimate of drug-likeness (QED) is 0.151. The molecule has 0 radical (unpaired) electrons. The molecule has 1 saturated heterocycles. The third-order valence-corrected chi connectivity index (χ3v) is 10.1. The molecule has 2 heterocycles. The van der Waals surface area contributed by atoms with Crippen LogP contribution in [0.25, 0.3) is 0 Å². The van der Waals surface area contributed by atoms with Gasteiger partial charge in [-0.2, -0.15) is 13.2 Å². The first kappa shape index (κ1) is 25.7. The van der Waals surface area contributed by atoms with E-state index in [-0.39, 0.29) is 21.7 Å². The van der Waals surface area contributed by atoms with Gasteiger partial charge in [-0.05, 0) is 36.8 Å². The number of alkyl halides is 3. The second kappa shape index (κ2) is 8.08. The van der Waals surface area contributed by atoms with Crippen LogP contribution in [0.2, 0.25) is 0 Å². The van der Waals surface area contributed by atoms with Crippen molar-refractivity contribution in [2.45, 2.75) is 36.1 Å². The number of nitrogens with one attached hydrogen (secondary N) is 2. The van der Waals surface area contributed by atoms with E-state index in [1.54, 1.807) is 0 Å². The minimum atomic E-state index is -5.49. The van der Waals surface area contributed by atoms with E-state index in [1.807, 2.05) is 5.32 Å². The Kier molecular flexibility index (Phi) is 5.77. The maximum atomic E-state index is 13.7. The molecule has 2 aliphatic rings. The van der Waals surface area contributed by atoms with Crippen molar-refractivity contribution in [1.29, 1.82) is 0 Å². The highest BCUT2D eigenvalue weighted by atomic mass is 32.3. The zero-order valence-electron chi connectivity index (χ0n) is 18.8. The molecule has 2 atom stereocenters. The smallest absolute Gasteiger partial charge is 0.399 e. The van der Waals surface area contributed by atoms with Crippen LogP contribution in [0.1, 0.15) is 18.1 Å². The van der Waals surface area contributed by atoms with Crippen LogP contribution in [-0.4, -0.2) is 55.6 Å². The molecule has 2 aromatic carbocycles. The summed E-state index contributed by atoms with van der Waals surface area (Å²) in [6, 6.07) is 5.02. The molecule has 1 fully saturated rings. The molecule has 4 rings (SSSR count). The number of hydrogen-bond donors (Lipinski definition) is 6. The highest BCUT2D eigenvalue weighted by Crippen LogP contribution is 2.77. The lowest BCUT2D eigenvalue weighted by Crippen LogP contribution is -2.50. The fourth-order valence-electron chi connectivity index (χ4n) is 4.72. The summed E-state index contributed by atoms with van der Waals surface area (Å²) in [5.74, 6) is -4.78. The average Bonchev–Trinajstić information content (AvgIpc) is 3.14. The third-order valence-electron chi connectivity index (χ3n) is 6.54. The Bertz CT molecular complexity index is 1270. The van der Waals surface area contributed by atoms with E-state index >= 15 is 0 Å². The summed E-state index contributed by atoms with van der Waals surface area (Å²) in [5, 5.41) is 4.38. The van der Waals surface area contributed by atoms with Gasteiger partial charge in [-0.15, -0.1) is 0 Å². The summed E-state index contributed by atoms with van der Waals surface area (Å²) in [6.45, 7) is 0.140. The molecule has 0 saturated carbocycles. The number of fused-ring (bicyclic) bond motifs is 2. The number of halogens is 4. The van der Waals surface area contributed by atoms with Gasteiger partial charge >= 0.3 is 12.2 Å². The molecular weight excluding hydrogens is 508 g/mol. The van der Waals surface area contributed by atoms with Crippen molar-refractivity contribution in [2.75, 3.05) is 17.2 Å². The number of nitrogens with two attached hydrogens (primary N) is 1. The number of carbonyl (C=O) groups excluding carboxylic acids is 3. The molecule has 1 unspecified atom stereocenters. The van der Waals surface area contributed by atoms with Gasteiger partial charge in [0.15, 0.2) is 5.54 Å². The van der Waals surface area contributed by atoms with Gasteiger partial charge in [0.05, 0.1) is 5.75 Å². The van der Waals surface area contributed by atoms with Gasteiger partial charge in [-0.3, -0.25) is 24.6 Å². The van der Waals surface area contributed by atoms with E-state index in [0.717, 1.165) is 25.1 Å². The molecule has 2 aliphatic heterocycles. The van der Waals surface area contributed by atoms with E-state index < -0.39 is 69.2 Å². The number of thiol groups is 1. The SMILES string of the molecule is C[C@H](N(Cc1ccc(F)cc1)C(=O)C[SH]1(O)(O)CC2(NC(=O)NC2=O)c2ccc(N)cc21)C(F)(F)F. The molecule has 0 aromatic heterocycles. The first-order chi connectivity index (χ1) is 16.5. The zero-order chi connectivity index (χ0) is 26.7. The van der Waals surface area contributed by atoms with Crippen LogP contribution in [0.5, 0.6) is 0 Å². The van der Waals surface area contributed by atoms with Crippen LogP contribution in [-0.2, 0) is 21.7 Å². The molecule has 0 aliphatic carbocycles. The van der Waals surface area contributed by atoms with E-state index in [9.17, 15) is 41.1 Å². The summed E-state index contributed by atoms with van der Waals surface area (Å²) in [7, 11) is -5.49. The van der Waals surface area contributed by atoms with E-state index in [1.165, 1.54) is 24.3 Å². The predicted octanol–water partition coefficient (Wildman–Crippen LogP) is 2.81. The molecule has 4 amide bonds. The van der Waals surface area contributed by atoms with Crippen molar-refractivity contribution < 1.29 is 41.1 Å². The zero-order valence-corrected chi connectivity index (χ0v) is 19.7. The largest absolute Gasteiger partial charge is 0.408 e. The van der Waals surface area contributed by atoms with Gasteiger partial charge in [0.25, 0.3) is 5.91 Å². The Morgan fingerprint density at radius 1 is 1.19 bits per heavy atom. The maximum Gasteiger partial charge on any atom is 0.408 e. The maximum absolute atomic E-state index is 13.7. The Hall–Kier alpha value is -3.36. The number of anilines is 1. The lowest BCUT2D eigenvalue weighted by molar-refractivity contribution is -0.186. The second-order valence-electron chi connectivity index (χ2n) is 9.17. The van der Waals surface area contributed by atoms with Crippen LogP contribution in [0.3, 0.4) is 0 Å². The third kappa shape index (κ3) is 4.24. The van der Waals surface area contributed by atoms with Crippen molar-refractivity contribution >= 4 is 33.3 Å². The molecule has 9 nitrogen and oxygen atoms in total. The first-order valence-electron chi connectivity index (χ1n) is 10.7. The topological polar surface area (TPSA) is 145 Å². The number of carbonyl (C=O) groups is 3. The van der Waals surface area contributed by atoms with Gasteiger partial charge in [0.1, 0.15) is 11.9 Å². The van der Waals surface area contributed by atoms with Crippen LogP contribution in [0.15, 0.2) is 47.4 Å². The normalized spacial score (nSPS) is 23.8. The van der Waals surface area contributed by atoms with Gasteiger partial charge < -0.3 is 25.1 Å². The fraction of sp³-hybridized carbons (Fsp3) is 0.318. The molecule has 0 bridgehead atoms. The Morgan fingerprint density at radius 3 is 2.39 bits per heavy atom. The lowest BCUT2D eigenvalue weighted by Gasteiger charge is -2.57. The van der Waals surface area contributed by atoms with Crippen LogP contribution < -0.4 is 16.4 Å². The minimum absolute atomic E-state index is 0.00975. The fourth-order valence-corrected chi connectivity index (χ4v) is 8.58. The number of amides is 4. The van der Waals surface area contributed by atoms with Crippen molar-refractivity contribution in [3.05, 3.63) is 59.4 Å². The second-order valence-corrected chi connectivity index (χ2v) is 13.1. The monoisotopic (exact) mass is 532 g/mol. The highest BCUT2D eigenvalue weighted by Gasteiger charge is 2.61. The molecule has 1 spiro atoms.